The van der Waals surface area contributed by atoms with E-state index in [2.05, 4.69) is 33.9 Å². The van der Waals surface area contributed by atoms with Crippen molar-refractivity contribution in [1.29, 1.82) is 0 Å². The van der Waals surface area contributed by atoms with Crippen molar-refractivity contribution in [2.45, 2.75) is 108 Å². The zero-order valence-electron chi connectivity index (χ0n) is 26.3. The minimum atomic E-state index is -2.26. The first kappa shape index (κ1) is 34.4. The number of carboxylic acids is 1. The first-order chi connectivity index (χ1) is 19.8. The number of methoxy groups -OCH3 is 1. The van der Waals surface area contributed by atoms with Crippen LogP contribution in [-0.4, -0.2) is 69.9 Å². The molecule has 0 unspecified atom stereocenters. The van der Waals surface area contributed by atoms with Crippen LogP contribution in [0.25, 0.3) is 0 Å². The average Bonchev–Trinajstić information content (AvgIpc) is 2.93. The molecule has 0 bridgehead atoms. The molecule has 3 rings (SSSR count). The van der Waals surface area contributed by atoms with Gasteiger partial charge in [-0.25, -0.2) is 0 Å². The number of hydrogen-bond donors (Lipinski definition) is 1. The predicted octanol–water partition coefficient (Wildman–Crippen LogP) is 6.58. The molecule has 1 N–H and O–H groups in total. The van der Waals surface area contributed by atoms with E-state index >= 15 is 0 Å². The Bertz CT molecular complexity index is 1070. The van der Waals surface area contributed by atoms with Crippen LogP contribution in [0.5, 0.6) is 0 Å². The molecular weight excluding hydrogens is 552 g/mol. The van der Waals surface area contributed by atoms with Gasteiger partial charge in [0.1, 0.15) is 18.5 Å². The summed E-state index contributed by atoms with van der Waals surface area (Å²) in [6, 6.07) is 20.1. The Morgan fingerprint density at radius 2 is 1.64 bits per heavy atom. The van der Waals surface area contributed by atoms with Crippen molar-refractivity contribution in [3.05, 3.63) is 71.8 Å². The van der Waals surface area contributed by atoms with Gasteiger partial charge in [0.15, 0.2) is 8.32 Å². The summed E-state index contributed by atoms with van der Waals surface area (Å²) in [6.07, 6.45) is -1.07. The number of rotatable bonds is 16. The Morgan fingerprint density at radius 1 is 1.05 bits per heavy atom. The fraction of sp³-hybridized carbons (Fsp3) is 0.606. The van der Waals surface area contributed by atoms with Crippen molar-refractivity contribution in [3.63, 3.8) is 0 Å². The number of carbonyl (C=O) groups is 1. The van der Waals surface area contributed by atoms with Gasteiger partial charge in [0.25, 0.3) is 0 Å². The quantitative estimate of drug-likeness (QED) is 0.170. The molecule has 0 radical (unpaired) electrons. The van der Waals surface area contributed by atoms with Crippen molar-refractivity contribution in [1.82, 2.24) is 0 Å². The van der Waals surface area contributed by atoms with Crippen molar-refractivity contribution in [3.8, 4) is 0 Å². The normalized spacial score (nSPS) is 23.9. The minimum absolute atomic E-state index is 0.0200. The van der Waals surface area contributed by atoms with Crippen LogP contribution in [0.4, 0.5) is 0 Å². The van der Waals surface area contributed by atoms with Crippen LogP contribution in [0, 0.1) is 0 Å². The third-order valence-electron chi connectivity index (χ3n) is 8.35. The lowest BCUT2D eigenvalue weighted by Gasteiger charge is -2.52. The molecule has 1 aliphatic rings. The zero-order chi connectivity index (χ0) is 30.8. The van der Waals surface area contributed by atoms with Gasteiger partial charge in [-0.1, -0.05) is 81.4 Å². The van der Waals surface area contributed by atoms with Crippen LogP contribution in [0.2, 0.25) is 18.1 Å². The highest BCUT2D eigenvalue weighted by Gasteiger charge is 2.52. The average molecular weight is 603 g/mol. The lowest BCUT2D eigenvalue weighted by Crippen LogP contribution is -2.63. The summed E-state index contributed by atoms with van der Waals surface area (Å²) in [6.45, 7) is 14.2. The first-order valence-corrected chi connectivity index (χ1v) is 17.7. The predicted molar refractivity (Wildman–Crippen MR) is 165 cm³/mol. The molecule has 2 aromatic carbocycles. The van der Waals surface area contributed by atoms with Crippen LogP contribution >= 0.6 is 0 Å². The summed E-state index contributed by atoms with van der Waals surface area (Å²) in [5.41, 5.74) is 1.29. The largest absolute Gasteiger partial charge is 0.481 e. The molecule has 5 atom stereocenters. The maximum absolute atomic E-state index is 11.6. The molecule has 1 saturated heterocycles. The second kappa shape index (κ2) is 15.6. The maximum Gasteiger partial charge on any atom is 0.303 e. The van der Waals surface area contributed by atoms with Crippen LogP contribution in [0.1, 0.15) is 58.1 Å². The van der Waals surface area contributed by atoms with Crippen LogP contribution in [0.15, 0.2) is 60.7 Å². The molecule has 1 fully saturated rings. The summed E-state index contributed by atoms with van der Waals surface area (Å²) in [5, 5.41) is 9.46. The second-order valence-electron chi connectivity index (χ2n) is 12.9. The second-order valence-corrected chi connectivity index (χ2v) is 17.6. The van der Waals surface area contributed by atoms with Crippen molar-refractivity contribution >= 4 is 14.3 Å². The molecule has 1 heterocycles. The molecule has 0 aromatic heterocycles. The molecule has 0 spiro atoms. The summed E-state index contributed by atoms with van der Waals surface area (Å²) in [7, 11) is -0.708. The summed E-state index contributed by atoms with van der Waals surface area (Å²) in [5.74, 6) is -0.892. The van der Waals surface area contributed by atoms with E-state index in [1.54, 1.807) is 7.11 Å². The molecular formula is C33H50O8Si. The van der Waals surface area contributed by atoms with Gasteiger partial charge in [-0.3, -0.25) is 4.79 Å². The van der Waals surface area contributed by atoms with E-state index in [0.717, 1.165) is 11.1 Å². The molecule has 0 saturated carbocycles. The number of aliphatic carboxylic acids is 1. The van der Waals surface area contributed by atoms with E-state index in [1.165, 1.54) is 0 Å². The van der Waals surface area contributed by atoms with Crippen LogP contribution in [-0.2, 0) is 46.1 Å². The van der Waals surface area contributed by atoms with Crippen LogP contribution < -0.4 is 0 Å². The van der Waals surface area contributed by atoms with E-state index in [1.807, 2.05) is 67.6 Å². The summed E-state index contributed by atoms with van der Waals surface area (Å²) >= 11 is 0. The SMILES string of the molecule is COCO[C@@H](CCC(=O)O)[C@@H]1O[C@](C)(COCc2ccccc2)[C@@H](OCc2ccccc2)C[C@H]1O[Si](C)(C)C(C)(C)C. The number of benzene rings is 2. The Morgan fingerprint density at radius 3 is 2.19 bits per heavy atom. The van der Waals surface area contributed by atoms with Gasteiger partial charge in [-0.15, -0.1) is 0 Å². The van der Waals surface area contributed by atoms with Gasteiger partial charge in [0.05, 0.1) is 38.1 Å². The highest BCUT2D eigenvalue weighted by Crippen LogP contribution is 2.42. The van der Waals surface area contributed by atoms with E-state index in [9.17, 15) is 9.90 Å². The van der Waals surface area contributed by atoms with Crippen molar-refractivity contribution in [2.24, 2.45) is 0 Å². The van der Waals surface area contributed by atoms with E-state index < -0.39 is 32.1 Å². The molecule has 234 valence electrons. The van der Waals surface area contributed by atoms with Gasteiger partial charge in [0, 0.05) is 20.0 Å². The lowest BCUT2D eigenvalue weighted by atomic mass is 9.86. The number of hydrogen-bond acceptors (Lipinski definition) is 7. The fourth-order valence-corrected chi connectivity index (χ4v) is 6.24. The molecule has 1 aliphatic heterocycles. The Balaban J connectivity index is 1.93. The molecule has 0 aliphatic carbocycles. The first-order valence-electron chi connectivity index (χ1n) is 14.8. The summed E-state index contributed by atoms with van der Waals surface area (Å²) < 4.78 is 38.1. The summed E-state index contributed by atoms with van der Waals surface area (Å²) in [4.78, 5) is 11.6. The zero-order valence-corrected chi connectivity index (χ0v) is 27.3. The van der Waals surface area contributed by atoms with E-state index in [4.69, 9.17) is 28.1 Å². The van der Waals surface area contributed by atoms with Gasteiger partial charge >= 0.3 is 5.97 Å². The van der Waals surface area contributed by atoms with Gasteiger partial charge in [0.2, 0.25) is 0 Å². The Kier molecular flexibility index (Phi) is 12.7. The fourth-order valence-electron chi connectivity index (χ4n) is 4.89. The van der Waals surface area contributed by atoms with Crippen molar-refractivity contribution in [2.75, 3.05) is 20.5 Å². The molecule has 42 heavy (non-hydrogen) atoms. The third-order valence-corrected chi connectivity index (χ3v) is 12.9. The van der Waals surface area contributed by atoms with E-state index in [0.29, 0.717) is 19.6 Å². The van der Waals surface area contributed by atoms with Gasteiger partial charge in [-0.05, 0) is 42.6 Å². The molecule has 9 heteroatoms. The molecule has 2 aromatic rings. The minimum Gasteiger partial charge on any atom is -0.481 e. The highest BCUT2D eigenvalue weighted by atomic mass is 28.4. The monoisotopic (exact) mass is 602 g/mol. The number of ether oxygens (including phenoxy) is 5. The Labute approximate surface area is 252 Å². The number of carboxylic acid groups (broad SMARTS) is 1. The van der Waals surface area contributed by atoms with Gasteiger partial charge < -0.3 is 33.2 Å². The maximum atomic E-state index is 11.6. The Hall–Kier alpha value is -2.11. The molecule has 0 amide bonds. The van der Waals surface area contributed by atoms with Crippen molar-refractivity contribution < 1.29 is 38.0 Å². The molecule has 8 nitrogen and oxygen atoms in total. The standard InChI is InChI=1S/C33H50O8Si/c1-32(2,3)42(6,7)41-28-20-29(38-22-26-16-12-9-13-17-26)33(4,23-37-21-25-14-10-8-11-15-25)40-31(28)27(39-24-36-5)18-19-30(34)35/h8-17,27-29,31H,18-24H2,1-7H3,(H,34,35)/t27-,28+,29-,31-,33+/m0/s1. The third kappa shape index (κ3) is 9.98. The smallest absolute Gasteiger partial charge is 0.303 e. The van der Waals surface area contributed by atoms with Crippen LogP contribution in [0.3, 0.4) is 0 Å². The topological polar surface area (TPSA) is 92.7 Å². The van der Waals surface area contributed by atoms with E-state index in [-0.39, 0.29) is 43.5 Å². The lowest BCUT2D eigenvalue weighted by molar-refractivity contribution is -0.275. The highest BCUT2D eigenvalue weighted by molar-refractivity contribution is 6.74. The van der Waals surface area contributed by atoms with Gasteiger partial charge in [-0.2, -0.15) is 0 Å².